The van der Waals surface area contributed by atoms with Crippen LogP contribution in [0.4, 0.5) is 0 Å². The van der Waals surface area contributed by atoms with Crippen molar-refractivity contribution in [1.29, 1.82) is 0 Å². The van der Waals surface area contributed by atoms with Gasteiger partial charge in [0.05, 0.1) is 18.4 Å². The minimum absolute atomic E-state index is 0.0499. The van der Waals surface area contributed by atoms with Crippen LogP contribution in [0.15, 0.2) is 59.5 Å². The number of piperidine rings is 1. The molecule has 0 saturated carbocycles. The van der Waals surface area contributed by atoms with E-state index in [2.05, 4.69) is 13.8 Å². The molecule has 0 aliphatic carbocycles. The highest BCUT2D eigenvalue weighted by molar-refractivity contribution is 7.89. The Hall–Kier alpha value is -2.71. The number of sulfonamides is 1. The molecule has 0 aromatic heterocycles. The lowest BCUT2D eigenvalue weighted by atomic mass is 9.96. The summed E-state index contributed by atoms with van der Waals surface area (Å²) in [5, 5.41) is 0. The Morgan fingerprint density at radius 1 is 1.03 bits per heavy atom. The Morgan fingerprint density at radius 2 is 1.65 bits per heavy atom. The number of carbonyl (C=O) groups is 2. The van der Waals surface area contributed by atoms with Crippen LogP contribution in [0.5, 0.6) is 0 Å². The first kappa shape index (κ1) is 25.9. The van der Waals surface area contributed by atoms with Crippen molar-refractivity contribution < 1.29 is 22.7 Å². The van der Waals surface area contributed by atoms with Crippen molar-refractivity contribution in [3.63, 3.8) is 0 Å². The van der Waals surface area contributed by atoms with Gasteiger partial charge in [-0.15, -0.1) is 0 Å². The summed E-state index contributed by atoms with van der Waals surface area (Å²) in [6, 6.07) is 16.7. The van der Waals surface area contributed by atoms with Crippen LogP contribution in [0, 0.1) is 5.92 Å². The van der Waals surface area contributed by atoms with Gasteiger partial charge in [0, 0.05) is 32.1 Å². The summed E-state index contributed by atoms with van der Waals surface area (Å²) in [5.41, 5.74) is 2.07. The van der Waals surface area contributed by atoms with Crippen LogP contribution in [-0.4, -0.2) is 56.2 Å². The fraction of sp³-hybridized carbons (Fsp3) is 0.462. The van der Waals surface area contributed by atoms with Crippen molar-refractivity contribution in [2.24, 2.45) is 5.92 Å². The molecule has 0 atom stereocenters. The van der Waals surface area contributed by atoms with Gasteiger partial charge in [0.25, 0.3) is 0 Å². The quantitative estimate of drug-likeness (QED) is 0.504. The zero-order valence-electron chi connectivity index (χ0n) is 20.1. The molecule has 1 saturated heterocycles. The Bertz CT molecular complexity index is 1060. The maximum absolute atomic E-state index is 13.3. The second-order valence-corrected chi connectivity index (χ2v) is 10.9. The van der Waals surface area contributed by atoms with Crippen LogP contribution >= 0.6 is 0 Å². The SMILES string of the molecule is COC(=O)CCN(Cc1ccccc1)C(=O)C1CCN(S(=O)(=O)c2ccc(C(C)C)cc2)CC1. The summed E-state index contributed by atoms with van der Waals surface area (Å²) in [6.45, 7) is 5.38. The minimum atomic E-state index is -3.60. The summed E-state index contributed by atoms with van der Waals surface area (Å²) < 4.78 is 32.4. The van der Waals surface area contributed by atoms with Crippen molar-refractivity contribution >= 4 is 21.9 Å². The summed E-state index contributed by atoms with van der Waals surface area (Å²) >= 11 is 0. The third-order valence-corrected chi connectivity index (χ3v) is 8.24. The fourth-order valence-corrected chi connectivity index (χ4v) is 5.64. The zero-order chi connectivity index (χ0) is 24.7. The predicted octanol–water partition coefficient (Wildman–Crippen LogP) is 3.80. The van der Waals surface area contributed by atoms with Gasteiger partial charge in [0.15, 0.2) is 0 Å². The van der Waals surface area contributed by atoms with Gasteiger partial charge in [0.1, 0.15) is 0 Å². The van der Waals surface area contributed by atoms with E-state index in [1.54, 1.807) is 17.0 Å². The van der Waals surface area contributed by atoms with E-state index in [-0.39, 0.29) is 35.7 Å². The molecule has 1 fully saturated rings. The number of esters is 1. The summed E-state index contributed by atoms with van der Waals surface area (Å²) in [5.74, 6) is -0.367. The van der Waals surface area contributed by atoms with Gasteiger partial charge >= 0.3 is 5.97 Å². The molecule has 2 aromatic rings. The zero-order valence-corrected chi connectivity index (χ0v) is 21.0. The van der Waals surface area contributed by atoms with E-state index < -0.39 is 10.0 Å². The van der Waals surface area contributed by atoms with Crippen LogP contribution in [0.3, 0.4) is 0 Å². The lowest BCUT2D eigenvalue weighted by Crippen LogP contribution is -2.44. The van der Waals surface area contributed by atoms with Gasteiger partial charge in [-0.2, -0.15) is 4.31 Å². The van der Waals surface area contributed by atoms with Gasteiger partial charge in [0.2, 0.25) is 15.9 Å². The highest BCUT2D eigenvalue weighted by Gasteiger charge is 2.34. The van der Waals surface area contributed by atoms with E-state index in [0.717, 1.165) is 11.1 Å². The predicted molar refractivity (Wildman–Crippen MR) is 131 cm³/mol. The first-order valence-corrected chi connectivity index (χ1v) is 13.2. The van der Waals surface area contributed by atoms with E-state index in [0.29, 0.717) is 38.4 Å². The number of ether oxygens (including phenoxy) is 1. The van der Waals surface area contributed by atoms with Crippen molar-refractivity contribution in [3.05, 3.63) is 65.7 Å². The van der Waals surface area contributed by atoms with Crippen molar-refractivity contribution in [1.82, 2.24) is 9.21 Å². The molecule has 2 aromatic carbocycles. The molecule has 1 aliphatic rings. The largest absolute Gasteiger partial charge is 0.469 e. The molecule has 1 aliphatic heterocycles. The average molecular weight is 487 g/mol. The molecule has 0 bridgehead atoms. The van der Waals surface area contributed by atoms with Crippen LogP contribution in [0.1, 0.15) is 50.2 Å². The Balaban J connectivity index is 1.66. The Morgan fingerprint density at radius 3 is 2.21 bits per heavy atom. The first-order valence-electron chi connectivity index (χ1n) is 11.7. The summed E-state index contributed by atoms with van der Waals surface area (Å²) in [7, 11) is -2.27. The number of nitrogens with zero attached hydrogens (tertiary/aromatic N) is 2. The molecule has 7 nitrogen and oxygen atoms in total. The molecule has 3 rings (SSSR count). The smallest absolute Gasteiger partial charge is 0.307 e. The molecule has 1 amide bonds. The fourth-order valence-electron chi connectivity index (χ4n) is 4.17. The van der Waals surface area contributed by atoms with Crippen molar-refractivity contribution in [3.8, 4) is 0 Å². The van der Waals surface area contributed by atoms with Gasteiger partial charge < -0.3 is 9.64 Å². The highest BCUT2D eigenvalue weighted by Crippen LogP contribution is 2.27. The van der Waals surface area contributed by atoms with Crippen LogP contribution in [-0.2, 0) is 30.9 Å². The second-order valence-electron chi connectivity index (χ2n) is 8.97. The average Bonchev–Trinajstić information content (AvgIpc) is 2.86. The van der Waals surface area contributed by atoms with Gasteiger partial charge in [-0.1, -0.05) is 56.3 Å². The molecule has 8 heteroatoms. The molecule has 0 N–H and O–H groups in total. The minimum Gasteiger partial charge on any atom is -0.469 e. The number of rotatable bonds is 9. The molecule has 184 valence electrons. The monoisotopic (exact) mass is 486 g/mol. The molecular formula is C26H34N2O5S. The van der Waals surface area contributed by atoms with Crippen molar-refractivity contribution in [2.45, 2.75) is 50.5 Å². The lowest BCUT2D eigenvalue weighted by Gasteiger charge is -2.33. The number of amides is 1. The van der Waals surface area contributed by atoms with E-state index in [1.165, 1.54) is 11.4 Å². The van der Waals surface area contributed by atoms with Crippen molar-refractivity contribution in [2.75, 3.05) is 26.7 Å². The van der Waals surface area contributed by atoms with E-state index in [9.17, 15) is 18.0 Å². The molecule has 34 heavy (non-hydrogen) atoms. The van der Waals surface area contributed by atoms with Crippen LogP contribution in [0.2, 0.25) is 0 Å². The molecular weight excluding hydrogens is 452 g/mol. The molecule has 0 radical (unpaired) electrons. The summed E-state index contributed by atoms with van der Waals surface area (Å²) in [4.78, 5) is 27.0. The summed E-state index contributed by atoms with van der Waals surface area (Å²) in [6.07, 6.45) is 1.02. The lowest BCUT2D eigenvalue weighted by molar-refractivity contribution is -0.143. The molecule has 1 heterocycles. The van der Waals surface area contributed by atoms with Gasteiger partial charge in [-0.3, -0.25) is 9.59 Å². The number of carbonyl (C=O) groups excluding carboxylic acids is 2. The number of benzene rings is 2. The number of hydrogen-bond acceptors (Lipinski definition) is 5. The third-order valence-electron chi connectivity index (χ3n) is 6.33. The Kier molecular flexibility index (Phi) is 8.85. The van der Waals surface area contributed by atoms with Gasteiger partial charge in [-0.05, 0) is 42.0 Å². The van der Waals surface area contributed by atoms with E-state index in [4.69, 9.17) is 4.74 Å². The van der Waals surface area contributed by atoms with E-state index >= 15 is 0 Å². The molecule has 0 spiro atoms. The topological polar surface area (TPSA) is 84.0 Å². The number of methoxy groups -OCH3 is 1. The maximum atomic E-state index is 13.3. The normalized spacial score (nSPS) is 15.3. The Labute approximate surface area is 202 Å². The van der Waals surface area contributed by atoms with E-state index in [1.807, 2.05) is 42.5 Å². The first-order chi connectivity index (χ1) is 16.2. The van der Waals surface area contributed by atoms with Crippen LogP contribution < -0.4 is 0 Å². The highest BCUT2D eigenvalue weighted by atomic mass is 32.2. The third kappa shape index (κ3) is 6.45. The standard InChI is InChI=1S/C26H34N2O5S/c1-20(2)22-9-11-24(12-10-22)34(31,32)28-17-13-23(14-18-28)26(30)27(16-15-25(29)33-3)19-21-7-5-4-6-8-21/h4-12,20,23H,13-19H2,1-3H3. The van der Waals surface area contributed by atoms with Gasteiger partial charge in [-0.25, -0.2) is 8.42 Å². The molecule has 0 unspecified atom stereocenters. The number of hydrogen-bond donors (Lipinski definition) is 0. The maximum Gasteiger partial charge on any atom is 0.307 e. The second kappa shape index (κ2) is 11.6. The van der Waals surface area contributed by atoms with Crippen LogP contribution in [0.25, 0.3) is 0 Å².